The number of alkyl halides is 3. The molecule has 0 radical (unpaired) electrons. The molecular weight excluding hydrogens is 193 g/mol. The predicted octanol–water partition coefficient (Wildman–Crippen LogP) is 0.580. The molecule has 4 nitrogen and oxygen atoms in total. The molecule has 0 spiro atoms. The molecule has 0 aliphatic heterocycles. The van der Waals surface area contributed by atoms with Crippen molar-refractivity contribution >= 4 is 11.9 Å². The number of halogens is 3. The summed E-state index contributed by atoms with van der Waals surface area (Å²) in [5.74, 6) is -9.30. The Hall–Kier alpha value is -1.27. The van der Waals surface area contributed by atoms with Crippen LogP contribution < -0.4 is 0 Å². The van der Waals surface area contributed by atoms with Gasteiger partial charge in [0.25, 0.3) is 0 Å². The fourth-order valence-corrected chi connectivity index (χ4v) is 1.33. The van der Waals surface area contributed by atoms with Crippen LogP contribution in [0.1, 0.15) is 0 Å². The van der Waals surface area contributed by atoms with Crippen LogP contribution in [0.3, 0.4) is 0 Å². The molecule has 1 rings (SSSR count). The average molecular weight is 198 g/mol. The molecule has 1 saturated carbocycles. The van der Waals surface area contributed by atoms with E-state index >= 15 is 0 Å². The zero-order chi connectivity index (χ0) is 10.4. The standard InChI is InChI=1S/C6H5F3O4/c7-6(8,9)3-1(4(10)11)2(3)5(12)13/h1-3H,(H,10,11)(H,12,13)/t1-,2-/m0/s1. The van der Waals surface area contributed by atoms with Gasteiger partial charge in [-0.05, 0) is 0 Å². The third kappa shape index (κ3) is 1.58. The largest absolute Gasteiger partial charge is 0.481 e. The zero-order valence-corrected chi connectivity index (χ0v) is 6.08. The molecule has 2 N–H and O–H groups in total. The molecule has 13 heavy (non-hydrogen) atoms. The lowest BCUT2D eigenvalue weighted by molar-refractivity contribution is -0.164. The number of carboxylic acids is 2. The van der Waals surface area contributed by atoms with Gasteiger partial charge in [0.1, 0.15) is 0 Å². The van der Waals surface area contributed by atoms with E-state index in [2.05, 4.69) is 0 Å². The fraction of sp³-hybridized carbons (Fsp3) is 0.667. The maximum atomic E-state index is 11.9. The van der Waals surface area contributed by atoms with Gasteiger partial charge in [0.2, 0.25) is 0 Å². The normalized spacial score (nSPS) is 32.7. The molecule has 0 bridgehead atoms. The highest BCUT2D eigenvalue weighted by Crippen LogP contribution is 2.55. The summed E-state index contributed by atoms with van der Waals surface area (Å²) in [6.45, 7) is 0. The van der Waals surface area contributed by atoms with E-state index < -0.39 is 35.9 Å². The summed E-state index contributed by atoms with van der Waals surface area (Å²) in [5, 5.41) is 16.5. The Kier molecular flexibility index (Phi) is 1.97. The molecule has 1 fully saturated rings. The third-order valence-electron chi connectivity index (χ3n) is 1.97. The lowest BCUT2D eigenvalue weighted by Gasteiger charge is -2.02. The third-order valence-corrected chi connectivity index (χ3v) is 1.97. The molecule has 0 aromatic heterocycles. The van der Waals surface area contributed by atoms with Gasteiger partial charge >= 0.3 is 18.1 Å². The van der Waals surface area contributed by atoms with Crippen molar-refractivity contribution in [2.75, 3.05) is 0 Å². The molecule has 0 heterocycles. The minimum absolute atomic E-state index is 1.71. The van der Waals surface area contributed by atoms with Crippen molar-refractivity contribution in [1.29, 1.82) is 0 Å². The van der Waals surface area contributed by atoms with Gasteiger partial charge in [-0.15, -0.1) is 0 Å². The number of hydrogen-bond acceptors (Lipinski definition) is 2. The van der Waals surface area contributed by atoms with Crippen molar-refractivity contribution in [3.05, 3.63) is 0 Å². The summed E-state index contributed by atoms with van der Waals surface area (Å²) in [5.41, 5.74) is 0. The summed E-state index contributed by atoms with van der Waals surface area (Å²) in [6, 6.07) is 0. The van der Waals surface area contributed by atoms with Crippen LogP contribution >= 0.6 is 0 Å². The summed E-state index contributed by atoms with van der Waals surface area (Å²) < 4.78 is 35.8. The molecule has 0 unspecified atom stereocenters. The quantitative estimate of drug-likeness (QED) is 0.680. The smallest absolute Gasteiger partial charge is 0.393 e. The molecule has 7 heteroatoms. The summed E-state index contributed by atoms with van der Waals surface area (Å²) in [7, 11) is 0. The van der Waals surface area contributed by atoms with E-state index in [4.69, 9.17) is 10.2 Å². The molecule has 1 aliphatic rings. The van der Waals surface area contributed by atoms with Crippen LogP contribution in [0, 0.1) is 17.8 Å². The maximum absolute atomic E-state index is 11.9. The van der Waals surface area contributed by atoms with E-state index in [1.54, 1.807) is 0 Å². The molecule has 2 atom stereocenters. The molecule has 0 amide bonds. The van der Waals surface area contributed by atoms with Crippen molar-refractivity contribution in [2.24, 2.45) is 17.8 Å². The lowest BCUT2D eigenvalue weighted by atomic mass is 10.3. The Morgan fingerprint density at radius 3 is 1.38 bits per heavy atom. The van der Waals surface area contributed by atoms with Gasteiger partial charge in [0, 0.05) is 0 Å². The highest BCUT2D eigenvalue weighted by Gasteiger charge is 2.71. The second-order valence-electron chi connectivity index (χ2n) is 2.80. The van der Waals surface area contributed by atoms with Crippen LogP contribution in [0.4, 0.5) is 13.2 Å². The van der Waals surface area contributed by atoms with Crippen molar-refractivity contribution in [3.63, 3.8) is 0 Å². The van der Waals surface area contributed by atoms with Crippen LogP contribution in [0.5, 0.6) is 0 Å². The van der Waals surface area contributed by atoms with E-state index in [9.17, 15) is 22.8 Å². The van der Waals surface area contributed by atoms with Crippen molar-refractivity contribution in [3.8, 4) is 0 Å². The van der Waals surface area contributed by atoms with Crippen molar-refractivity contribution in [1.82, 2.24) is 0 Å². The Bertz CT molecular complexity index is 239. The van der Waals surface area contributed by atoms with Gasteiger partial charge in [0.15, 0.2) is 0 Å². The van der Waals surface area contributed by atoms with Crippen molar-refractivity contribution in [2.45, 2.75) is 6.18 Å². The first-order valence-electron chi connectivity index (χ1n) is 3.29. The Labute approximate surface area is 70.0 Å². The minimum atomic E-state index is -4.74. The summed E-state index contributed by atoms with van der Waals surface area (Å²) >= 11 is 0. The highest BCUT2D eigenvalue weighted by atomic mass is 19.4. The molecule has 0 aromatic rings. The van der Waals surface area contributed by atoms with Crippen LogP contribution in [0.15, 0.2) is 0 Å². The van der Waals surface area contributed by atoms with E-state index in [0.29, 0.717) is 0 Å². The highest BCUT2D eigenvalue weighted by molar-refractivity contribution is 5.86. The van der Waals surface area contributed by atoms with Crippen LogP contribution in [0.25, 0.3) is 0 Å². The van der Waals surface area contributed by atoms with Crippen LogP contribution in [-0.2, 0) is 9.59 Å². The molecule has 74 valence electrons. The molecule has 0 saturated heterocycles. The number of hydrogen-bond donors (Lipinski definition) is 2. The van der Waals surface area contributed by atoms with E-state index in [1.165, 1.54) is 0 Å². The first kappa shape index (κ1) is 9.82. The van der Waals surface area contributed by atoms with Gasteiger partial charge in [-0.25, -0.2) is 0 Å². The Morgan fingerprint density at radius 1 is 1.00 bits per heavy atom. The van der Waals surface area contributed by atoms with E-state index in [1.807, 2.05) is 0 Å². The number of rotatable bonds is 2. The number of carbonyl (C=O) groups is 2. The summed E-state index contributed by atoms with van der Waals surface area (Å²) in [6.07, 6.45) is -4.74. The predicted molar refractivity (Wildman–Crippen MR) is 31.8 cm³/mol. The van der Waals surface area contributed by atoms with Gasteiger partial charge in [-0.1, -0.05) is 0 Å². The van der Waals surface area contributed by atoms with E-state index in [0.717, 1.165) is 0 Å². The fourth-order valence-electron chi connectivity index (χ4n) is 1.33. The van der Waals surface area contributed by atoms with Gasteiger partial charge in [-0.2, -0.15) is 13.2 Å². The van der Waals surface area contributed by atoms with Gasteiger partial charge in [0.05, 0.1) is 17.8 Å². The molecule has 0 aromatic carbocycles. The minimum Gasteiger partial charge on any atom is -0.481 e. The summed E-state index contributed by atoms with van der Waals surface area (Å²) in [4.78, 5) is 20.3. The van der Waals surface area contributed by atoms with E-state index in [-0.39, 0.29) is 0 Å². The zero-order valence-electron chi connectivity index (χ0n) is 6.08. The number of carboxylic acid groups (broad SMARTS) is 2. The van der Waals surface area contributed by atoms with Crippen LogP contribution in [0.2, 0.25) is 0 Å². The van der Waals surface area contributed by atoms with Gasteiger partial charge < -0.3 is 10.2 Å². The first-order chi connectivity index (χ1) is 5.76. The second-order valence-corrected chi connectivity index (χ2v) is 2.80. The maximum Gasteiger partial charge on any atom is 0.393 e. The van der Waals surface area contributed by atoms with Crippen molar-refractivity contribution < 1.29 is 33.0 Å². The molecule has 1 aliphatic carbocycles. The lowest BCUT2D eigenvalue weighted by Crippen LogP contribution is -2.16. The Balaban J connectivity index is 2.79. The van der Waals surface area contributed by atoms with Gasteiger partial charge in [-0.3, -0.25) is 9.59 Å². The van der Waals surface area contributed by atoms with Crippen LogP contribution in [-0.4, -0.2) is 28.3 Å². The average Bonchev–Trinajstić information content (AvgIpc) is 2.56. The number of aliphatic carboxylic acids is 2. The topological polar surface area (TPSA) is 74.6 Å². The Morgan fingerprint density at radius 2 is 1.31 bits per heavy atom. The SMILES string of the molecule is O=C(O)[C@@H]1C(C(F)(F)F)[C@H]1C(=O)O. The molecular formula is C6H5F3O4. The second kappa shape index (κ2) is 2.61. The first-order valence-corrected chi connectivity index (χ1v) is 3.29. The monoisotopic (exact) mass is 198 g/mol.